The van der Waals surface area contributed by atoms with Gasteiger partial charge in [0.25, 0.3) is 0 Å². The van der Waals surface area contributed by atoms with Gasteiger partial charge in [-0.1, -0.05) is 41.4 Å². The van der Waals surface area contributed by atoms with E-state index in [1.54, 1.807) is 31.2 Å². The minimum absolute atomic E-state index is 0.0218. The number of allylic oxidation sites excluding steroid dienone is 1. The zero-order chi connectivity index (χ0) is 14.9. The number of carbonyl (C=O) groups excluding carboxylic acids is 2. The highest BCUT2D eigenvalue weighted by molar-refractivity contribution is 6.43. The number of halogens is 2. The van der Waals surface area contributed by atoms with Crippen LogP contribution in [0.2, 0.25) is 10.0 Å². The van der Waals surface area contributed by atoms with Gasteiger partial charge in [0, 0.05) is 12.8 Å². The zero-order valence-electron chi connectivity index (χ0n) is 11.2. The standard InChI is InChI=1S/C15H14Cl2O3/c1-15(14(19)20-2)7-9(6-10(18)8-15)11-4-3-5-12(16)13(11)17/h3-5,7H,6,8H2,1-2H3. The highest BCUT2D eigenvalue weighted by Crippen LogP contribution is 2.40. The Labute approximate surface area is 127 Å². The summed E-state index contributed by atoms with van der Waals surface area (Å²) in [6, 6.07) is 5.23. The fourth-order valence-corrected chi connectivity index (χ4v) is 2.88. The van der Waals surface area contributed by atoms with E-state index in [0.717, 1.165) is 0 Å². The summed E-state index contributed by atoms with van der Waals surface area (Å²) in [6.45, 7) is 1.69. The Morgan fingerprint density at radius 2 is 2.05 bits per heavy atom. The van der Waals surface area contributed by atoms with Crippen molar-refractivity contribution in [1.29, 1.82) is 0 Å². The molecule has 0 saturated carbocycles. The molecule has 0 heterocycles. The molecule has 0 spiro atoms. The van der Waals surface area contributed by atoms with E-state index in [0.29, 0.717) is 21.2 Å². The molecular weight excluding hydrogens is 299 g/mol. The molecule has 1 aliphatic rings. The van der Waals surface area contributed by atoms with Gasteiger partial charge in [-0.15, -0.1) is 0 Å². The van der Waals surface area contributed by atoms with Crippen LogP contribution >= 0.6 is 23.2 Å². The van der Waals surface area contributed by atoms with Crippen molar-refractivity contribution in [3.63, 3.8) is 0 Å². The summed E-state index contributed by atoms with van der Waals surface area (Å²) in [5.74, 6) is -0.451. The van der Waals surface area contributed by atoms with Crippen LogP contribution in [0.3, 0.4) is 0 Å². The maximum atomic E-state index is 12.0. The third-order valence-electron chi connectivity index (χ3n) is 3.39. The summed E-state index contributed by atoms with van der Waals surface area (Å²) in [4.78, 5) is 23.8. The summed E-state index contributed by atoms with van der Waals surface area (Å²) < 4.78 is 4.78. The van der Waals surface area contributed by atoms with Crippen LogP contribution in [-0.4, -0.2) is 18.9 Å². The van der Waals surface area contributed by atoms with E-state index in [-0.39, 0.29) is 18.6 Å². The third kappa shape index (κ3) is 2.74. The Hall–Kier alpha value is -1.32. The first kappa shape index (κ1) is 15.1. The van der Waals surface area contributed by atoms with Gasteiger partial charge in [-0.25, -0.2) is 0 Å². The lowest BCUT2D eigenvalue weighted by atomic mass is 9.76. The van der Waals surface area contributed by atoms with Crippen molar-refractivity contribution in [1.82, 2.24) is 0 Å². The van der Waals surface area contributed by atoms with Crippen LogP contribution in [-0.2, 0) is 14.3 Å². The number of rotatable bonds is 2. The Kier molecular flexibility index (Phi) is 4.21. The number of methoxy groups -OCH3 is 1. The fraction of sp³-hybridized carbons (Fsp3) is 0.333. The normalized spacial score (nSPS) is 22.4. The van der Waals surface area contributed by atoms with Crippen LogP contribution in [0.15, 0.2) is 24.3 Å². The topological polar surface area (TPSA) is 43.4 Å². The fourth-order valence-electron chi connectivity index (χ4n) is 2.46. The largest absolute Gasteiger partial charge is 0.468 e. The van der Waals surface area contributed by atoms with Gasteiger partial charge in [-0.05, 0) is 24.1 Å². The van der Waals surface area contributed by atoms with Gasteiger partial charge in [0.05, 0.1) is 22.6 Å². The molecule has 1 aliphatic carbocycles. The average Bonchev–Trinajstić information content (AvgIpc) is 2.39. The molecule has 0 fully saturated rings. The molecule has 106 valence electrons. The first-order valence-electron chi connectivity index (χ1n) is 6.13. The number of carbonyl (C=O) groups is 2. The zero-order valence-corrected chi connectivity index (χ0v) is 12.7. The van der Waals surface area contributed by atoms with E-state index in [4.69, 9.17) is 27.9 Å². The first-order valence-corrected chi connectivity index (χ1v) is 6.89. The summed E-state index contributed by atoms with van der Waals surface area (Å²) in [6.07, 6.45) is 2.14. The molecule has 20 heavy (non-hydrogen) atoms. The van der Waals surface area contributed by atoms with Crippen LogP contribution < -0.4 is 0 Å². The number of Topliss-reactive ketones (excluding diaryl/α,β-unsaturated/α-hetero) is 1. The van der Waals surface area contributed by atoms with Crippen molar-refractivity contribution >= 4 is 40.5 Å². The molecule has 0 aliphatic heterocycles. The van der Waals surface area contributed by atoms with Crippen LogP contribution in [0, 0.1) is 5.41 Å². The number of ketones is 1. The van der Waals surface area contributed by atoms with Crippen LogP contribution in [0.4, 0.5) is 0 Å². The smallest absolute Gasteiger partial charge is 0.315 e. The van der Waals surface area contributed by atoms with Gasteiger partial charge in [0.15, 0.2) is 0 Å². The lowest BCUT2D eigenvalue weighted by molar-refractivity contribution is -0.151. The molecular formula is C15H14Cl2O3. The van der Waals surface area contributed by atoms with Crippen molar-refractivity contribution < 1.29 is 14.3 Å². The van der Waals surface area contributed by atoms with Gasteiger partial charge in [-0.2, -0.15) is 0 Å². The van der Waals surface area contributed by atoms with Crippen molar-refractivity contribution in [2.75, 3.05) is 7.11 Å². The van der Waals surface area contributed by atoms with Crippen molar-refractivity contribution in [2.45, 2.75) is 19.8 Å². The molecule has 0 saturated heterocycles. The van der Waals surface area contributed by atoms with Crippen molar-refractivity contribution in [2.24, 2.45) is 5.41 Å². The Morgan fingerprint density at radius 3 is 2.70 bits per heavy atom. The average molecular weight is 313 g/mol. The molecule has 1 aromatic rings. The second kappa shape index (κ2) is 5.58. The molecule has 0 amide bonds. The molecule has 1 atom stereocenters. The van der Waals surface area contributed by atoms with E-state index in [9.17, 15) is 9.59 Å². The molecule has 1 aromatic carbocycles. The van der Waals surface area contributed by atoms with Gasteiger partial charge in [0.1, 0.15) is 5.78 Å². The first-order chi connectivity index (χ1) is 9.37. The Balaban J connectivity index is 2.52. The summed E-state index contributed by atoms with van der Waals surface area (Å²) in [5, 5.41) is 0.810. The summed E-state index contributed by atoms with van der Waals surface area (Å²) in [5.41, 5.74) is 0.439. The van der Waals surface area contributed by atoms with E-state index in [1.165, 1.54) is 7.11 Å². The van der Waals surface area contributed by atoms with E-state index >= 15 is 0 Å². The van der Waals surface area contributed by atoms with Crippen LogP contribution in [0.25, 0.3) is 5.57 Å². The number of hydrogen-bond acceptors (Lipinski definition) is 3. The monoisotopic (exact) mass is 312 g/mol. The van der Waals surface area contributed by atoms with Crippen molar-refractivity contribution in [3.05, 3.63) is 39.9 Å². The highest BCUT2D eigenvalue weighted by atomic mass is 35.5. The van der Waals surface area contributed by atoms with Crippen molar-refractivity contribution in [3.8, 4) is 0 Å². The molecule has 5 heteroatoms. The lowest BCUT2D eigenvalue weighted by Gasteiger charge is -2.28. The molecule has 0 bridgehead atoms. The SMILES string of the molecule is COC(=O)C1(C)C=C(c2cccc(Cl)c2Cl)CC(=O)C1. The van der Waals surface area contributed by atoms with E-state index in [2.05, 4.69) is 0 Å². The van der Waals surface area contributed by atoms with Gasteiger partial charge in [0.2, 0.25) is 0 Å². The van der Waals surface area contributed by atoms with Gasteiger partial charge >= 0.3 is 5.97 Å². The van der Waals surface area contributed by atoms with Crippen LogP contribution in [0.5, 0.6) is 0 Å². The maximum absolute atomic E-state index is 12.0. The molecule has 0 aromatic heterocycles. The molecule has 3 nitrogen and oxygen atoms in total. The molecule has 0 N–H and O–H groups in total. The quantitative estimate of drug-likeness (QED) is 0.777. The number of hydrogen-bond donors (Lipinski definition) is 0. The molecule has 2 rings (SSSR count). The summed E-state index contributed by atoms with van der Waals surface area (Å²) >= 11 is 12.2. The third-order valence-corrected chi connectivity index (χ3v) is 4.21. The van der Waals surface area contributed by atoms with E-state index < -0.39 is 11.4 Å². The predicted molar refractivity (Wildman–Crippen MR) is 78.8 cm³/mol. The maximum Gasteiger partial charge on any atom is 0.315 e. The minimum Gasteiger partial charge on any atom is -0.468 e. The van der Waals surface area contributed by atoms with Gasteiger partial charge in [-0.3, -0.25) is 9.59 Å². The number of esters is 1. The lowest BCUT2D eigenvalue weighted by Crippen LogP contribution is -2.33. The van der Waals surface area contributed by atoms with Gasteiger partial charge < -0.3 is 4.74 Å². The minimum atomic E-state index is -0.953. The predicted octanol–water partition coefficient (Wildman–Crippen LogP) is 3.92. The highest BCUT2D eigenvalue weighted by Gasteiger charge is 2.38. The number of benzene rings is 1. The second-order valence-corrected chi connectivity index (χ2v) is 5.86. The van der Waals surface area contributed by atoms with Crippen LogP contribution in [0.1, 0.15) is 25.3 Å². The van der Waals surface area contributed by atoms with E-state index in [1.807, 2.05) is 0 Å². The summed E-state index contributed by atoms with van der Waals surface area (Å²) in [7, 11) is 1.31. The number of ether oxygens (including phenoxy) is 1. The molecule has 0 radical (unpaired) electrons. The Morgan fingerprint density at radius 1 is 1.35 bits per heavy atom. The molecule has 1 unspecified atom stereocenters. The second-order valence-electron chi connectivity index (χ2n) is 5.07. The Bertz CT molecular complexity index is 607.